The highest BCUT2D eigenvalue weighted by atomic mass is 16.6. The quantitative estimate of drug-likeness (QED) is 0.910. The molecule has 1 amide bonds. The van der Waals surface area contributed by atoms with Gasteiger partial charge in [0.15, 0.2) is 0 Å². The van der Waals surface area contributed by atoms with Gasteiger partial charge in [-0.15, -0.1) is 0 Å². The molecule has 2 fully saturated rings. The Labute approximate surface area is 126 Å². The van der Waals surface area contributed by atoms with Crippen LogP contribution in [0.25, 0.3) is 0 Å². The maximum atomic E-state index is 12.4. The Morgan fingerprint density at radius 2 is 2.10 bits per heavy atom. The molecule has 1 aromatic rings. The van der Waals surface area contributed by atoms with Gasteiger partial charge in [0.25, 0.3) is 0 Å². The molecule has 0 radical (unpaired) electrons. The molecule has 1 aromatic carbocycles. The molecule has 1 saturated heterocycles. The molecule has 1 saturated carbocycles. The third kappa shape index (κ3) is 2.42. The van der Waals surface area contributed by atoms with E-state index in [1.54, 1.807) is 0 Å². The number of nitrogens with zero attached hydrogens (tertiary/aromatic N) is 1. The molecule has 0 aromatic heterocycles. The standard InChI is InChI=1S/C17H24N2O2/c1-17(2)14(18)13-9-6-10-19(15(13)17)16(20)21-11-12-7-4-3-5-8-12/h3-5,7-8,13-15H,6,9-11,18H2,1-2H3/t13-,14+,15+/m0/s1. The van der Waals surface area contributed by atoms with Crippen molar-refractivity contribution < 1.29 is 9.53 Å². The SMILES string of the molecule is CC1(C)[C@H](N)[C@@H]2CCCN(C(=O)OCc3ccccc3)[C@H]21. The predicted octanol–water partition coefficient (Wildman–Crippen LogP) is 2.77. The van der Waals surface area contributed by atoms with Crippen molar-refractivity contribution in [1.29, 1.82) is 0 Å². The van der Waals surface area contributed by atoms with Crippen molar-refractivity contribution in [2.24, 2.45) is 17.1 Å². The average molecular weight is 288 g/mol. The molecule has 0 unspecified atom stereocenters. The van der Waals surface area contributed by atoms with Gasteiger partial charge >= 0.3 is 6.09 Å². The summed E-state index contributed by atoms with van der Waals surface area (Å²) < 4.78 is 5.49. The van der Waals surface area contributed by atoms with Crippen LogP contribution in [0.1, 0.15) is 32.3 Å². The van der Waals surface area contributed by atoms with Crippen LogP contribution in [-0.4, -0.2) is 29.6 Å². The number of carbonyl (C=O) groups excluding carboxylic acids is 1. The number of nitrogens with two attached hydrogens (primary N) is 1. The second-order valence-corrected chi connectivity index (χ2v) is 6.83. The largest absolute Gasteiger partial charge is 0.445 e. The third-order valence-corrected chi connectivity index (χ3v) is 5.20. The van der Waals surface area contributed by atoms with Crippen molar-refractivity contribution in [3.05, 3.63) is 35.9 Å². The van der Waals surface area contributed by atoms with E-state index in [9.17, 15) is 4.79 Å². The Hall–Kier alpha value is -1.55. The van der Waals surface area contributed by atoms with E-state index in [1.807, 2.05) is 35.2 Å². The van der Waals surface area contributed by atoms with Gasteiger partial charge < -0.3 is 15.4 Å². The Morgan fingerprint density at radius 3 is 2.81 bits per heavy atom. The third-order valence-electron chi connectivity index (χ3n) is 5.20. The van der Waals surface area contributed by atoms with Crippen LogP contribution in [0.2, 0.25) is 0 Å². The fraction of sp³-hybridized carbons (Fsp3) is 0.588. The Kier molecular flexibility index (Phi) is 3.66. The molecular formula is C17H24N2O2. The molecule has 3 atom stereocenters. The van der Waals surface area contributed by atoms with Gasteiger partial charge in [0, 0.05) is 24.0 Å². The summed E-state index contributed by atoms with van der Waals surface area (Å²) in [6.07, 6.45) is 1.94. The number of piperidine rings is 1. The number of carbonyl (C=O) groups is 1. The lowest BCUT2D eigenvalue weighted by molar-refractivity contribution is -0.0996. The van der Waals surface area contributed by atoms with E-state index in [0.717, 1.165) is 24.9 Å². The summed E-state index contributed by atoms with van der Waals surface area (Å²) in [6.45, 7) is 5.42. The maximum Gasteiger partial charge on any atom is 0.410 e. The number of ether oxygens (including phenoxy) is 1. The lowest BCUT2D eigenvalue weighted by Crippen LogP contribution is -2.73. The zero-order valence-corrected chi connectivity index (χ0v) is 12.8. The van der Waals surface area contributed by atoms with E-state index in [-0.39, 0.29) is 23.6 Å². The predicted molar refractivity (Wildman–Crippen MR) is 81.6 cm³/mol. The maximum absolute atomic E-state index is 12.4. The molecule has 4 heteroatoms. The zero-order chi connectivity index (χ0) is 15.0. The molecule has 0 bridgehead atoms. The summed E-state index contributed by atoms with van der Waals surface area (Å²) in [5.41, 5.74) is 7.26. The van der Waals surface area contributed by atoms with Crippen LogP contribution in [0.15, 0.2) is 30.3 Å². The highest BCUT2D eigenvalue weighted by Crippen LogP contribution is 2.51. The summed E-state index contributed by atoms with van der Waals surface area (Å²) in [4.78, 5) is 14.3. The molecule has 114 valence electrons. The molecule has 3 rings (SSSR count). The second kappa shape index (κ2) is 5.34. The van der Waals surface area contributed by atoms with E-state index in [1.165, 1.54) is 0 Å². The number of amides is 1. The van der Waals surface area contributed by atoms with Gasteiger partial charge in [0.2, 0.25) is 0 Å². The van der Waals surface area contributed by atoms with Gasteiger partial charge in [-0.25, -0.2) is 4.79 Å². The lowest BCUT2D eigenvalue weighted by Gasteiger charge is -2.62. The minimum absolute atomic E-state index is 0.0170. The van der Waals surface area contributed by atoms with Gasteiger partial charge in [-0.1, -0.05) is 44.2 Å². The zero-order valence-electron chi connectivity index (χ0n) is 12.8. The van der Waals surface area contributed by atoms with Crippen molar-refractivity contribution in [1.82, 2.24) is 4.90 Å². The summed E-state index contributed by atoms with van der Waals surface area (Å²) in [6, 6.07) is 10.2. The van der Waals surface area contributed by atoms with Crippen molar-refractivity contribution in [2.45, 2.75) is 45.4 Å². The molecule has 2 N–H and O–H groups in total. The van der Waals surface area contributed by atoms with E-state index in [2.05, 4.69) is 13.8 Å². The normalized spacial score (nSPS) is 30.2. The number of benzene rings is 1. The molecule has 1 aliphatic carbocycles. The first-order chi connectivity index (χ1) is 10.0. The number of hydrogen-bond donors (Lipinski definition) is 1. The fourth-order valence-corrected chi connectivity index (χ4v) is 3.99. The van der Waals surface area contributed by atoms with Gasteiger partial charge in [-0.05, 0) is 24.3 Å². The molecule has 21 heavy (non-hydrogen) atoms. The summed E-state index contributed by atoms with van der Waals surface area (Å²) in [5, 5.41) is 0. The van der Waals surface area contributed by atoms with Crippen LogP contribution >= 0.6 is 0 Å². The van der Waals surface area contributed by atoms with E-state index in [4.69, 9.17) is 10.5 Å². The molecule has 4 nitrogen and oxygen atoms in total. The average Bonchev–Trinajstić information content (AvgIpc) is 2.52. The van der Waals surface area contributed by atoms with Crippen LogP contribution in [-0.2, 0) is 11.3 Å². The molecule has 1 aliphatic heterocycles. The summed E-state index contributed by atoms with van der Waals surface area (Å²) in [7, 11) is 0. The Bertz CT molecular complexity index is 515. The first-order valence-corrected chi connectivity index (χ1v) is 7.74. The molecule has 1 heterocycles. The first-order valence-electron chi connectivity index (χ1n) is 7.74. The van der Waals surface area contributed by atoms with Crippen LogP contribution in [0.4, 0.5) is 4.79 Å². The molecular weight excluding hydrogens is 264 g/mol. The smallest absolute Gasteiger partial charge is 0.410 e. The van der Waals surface area contributed by atoms with Crippen LogP contribution in [0.5, 0.6) is 0 Å². The van der Waals surface area contributed by atoms with Crippen LogP contribution < -0.4 is 5.73 Å². The van der Waals surface area contributed by atoms with Crippen molar-refractivity contribution in [2.75, 3.05) is 6.54 Å². The highest BCUT2D eigenvalue weighted by Gasteiger charge is 2.59. The fourth-order valence-electron chi connectivity index (χ4n) is 3.99. The number of likely N-dealkylation sites (tertiary alicyclic amines) is 1. The number of fused-ring (bicyclic) bond motifs is 1. The first kappa shape index (κ1) is 14.4. The van der Waals surface area contributed by atoms with Crippen LogP contribution in [0, 0.1) is 11.3 Å². The van der Waals surface area contributed by atoms with Gasteiger partial charge in [0.1, 0.15) is 6.61 Å². The van der Waals surface area contributed by atoms with E-state index >= 15 is 0 Å². The van der Waals surface area contributed by atoms with E-state index in [0.29, 0.717) is 12.5 Å². The van der Waals surface area contributed by atoms with Gasteiger partial charge in [-0.3, -0.25) is 0 Å². The Morgan fingerprint density at radius 1 is 1.38 bits per heavy atom. The summed E-state index contributed by atoms with van der Waals surface area (Å²) in [5.74, 6) is 0.429. The highest BCUT2D eigenvalue weighted by molar-refractivity contribution is 5.69. The van der Waals surface area contributed by atoms with Crippen molar-refractivity contribution in [3.8, 4) is 0 Å². The second-order valence-electron chi connectivity index (χ2n) is 6.83. The number of rotatable bonds is 2. The number of hydrogen-bond acceptors (Lipinski definition) is 3. The minimum atomic E-state index is -0.200. The van der Waals surface area contributed by atoms with Gasteiger partial charge in [-0.2, -0.15) is 0 Å². The summed E-state index contributed by atoms with van der Waals surface area (Å²) >= 11 is 0. The monoisotopic (exact) mass is 288 g/mol. The Balaban J connectivity index is 1.64. The lowest BCUT2D eigenvalue weighted by atomic mass is 9.53. The van der Waals surface area contributed by atoms with Crippen molar-refractivity contribution >= 4 is 6.09 Å². The molecule has 0 spiro atoms. The van der Waals surface area contributed by atoms with Gasteiger partial charge in [0.05, 0.1) is 0 Å². The van der Waals surface area contributed by atoms with Crippen LogP contribution in [0.3, 0.4) is 0 Å². The topological polar surface area (TPSA) is 55.6 Å². The van der Waals surface area contributed by atoms with E-state index < -0.39 is 0 Å². The molecule has 2 aliphatic rings. The minimum Gasteiger partial charge on any atom is -0.445 e. The van der Waals surface area contributed by atoms with Crippen molar-refractivity contribution in [3.63, 3.8) is 0 Å².